The average molecular weight is 438 g/mol. The highest BCUT2D eigenvalue weighted by molar-refractivity contribution is 6.09. The van der Waals surface area contributed by atoms with Gasteiger partial charge in [0.25, 0.3) is 5.91 Å². The zero-order chi connectivity index (χ0) is 22.3. The molecule has 1 spiro atoms. The van der Waals surface area contributed by atoms with Crippen molar-refractivity contribution in [2.45, 2.75) is 56.5 Å². The lowest BCUT2D eigenvalue weighted by Gasteiger charge is -2.35. The minimum Gasteiger partial charge on any atom is -0.332 e. The largest absolute Gasteiger partial charge is 0.332 e. The number of likely N-dealkylation sites (N-methyl/N-ethyl adjacent to an activating group) is 1. The van der Waals surface area contributed by atoms with Crippen molar-refractivity contribution in [3.05, 3.63) is 36.8 Å². The quantitative estimate of drug-likeness (QED) is 0.677. The number of imidazole rings is 1. The smallest absolute Gasteiger partial charge is 0.327 e. The van der Waals surface area contributed by atoms with Crippen molar-refractivity contribution in [1.29, 1.82) is 0 Å². The van der Waals surface area contributed by atoms with E-state index in [1.54, 1.807) is 52.5 Å². The van der Waals surface area contributed by atoms with Crippen LogP contribution in [0.25, 0.3) is 5.82 Å². The van der Waals surface area contributed by atoms with Crippen molar-refractivity contribution in [2.24, 2.45) is 0 Å². The Morgan fingerprint density at radius 1 is 1.12 bits per heavy atom. The number of carbonyl (C=O) groups excluding carboxylic acids is 3. The maximum Gasteiger partial charge on any atom is 0.327 e. The molecule has 2 aromatic heterocycles. The molecule has 2 aromatic rings. The molecule has 0 bridgehead atoms. The standard InChI is InChI=1S/C22H27N7O3/c1-26-21(32)29(20(31)22(26)7-3-2-4-8-22)14-19(30)28-10-5-6-17(28)16-12-24-13-18(25-16)27-11-9-23-15-27/h9,11-13,15,17H,2-8,10,14H2,1H3/t17-/m1/s1. The third-order valence-corrected chi connectivity index (χ3v) is 7.10. The fraction of sp³-hybridized carbons (Fsp3) is 0.545. The molecule has 4 amide bonds. The number of hydrogen-bond acceptors (Lipinski definition) is 6. The molecule has 32 heavy (non-hydrogen) atoms. The summed E-state index contributed by atoms with van der Waals surface area (Å²) < 4.78 is 1.76. The first-order valence-electron chi connectivity index (χ1n) is 11.2. The van der Waals surface area contributed by atoms with Gasteiger partial charge in [-0.2, -0.15) is 0 Å². The van der Waals surface area contributed by atoms with E-state index in [0.717, 1.165) is 37.0 Å². The minimum atomic E-state index is -0.773. The molecular formula is C22H27N7O3. The normalized spacial score (nSPS) is 22.9. The lowest BCUT2D eigenvalue weighted by Crippen LogP contribution is -2.49. The van der Waals surface area contributed by atoms with Crippen molar-refractivity contribution in [1.82, 2.24) is 34.2 Å². The fourth-order valence-electron chi connectivity index (χ4n) is 5.32. The van der Waals surface area contributed by atoms with Crippen LogP contribution in [0.5, 0.6) is 0 Å². The van der Waals surface area contributed by atoms with E-state index in [1.807, 2.05) is 0 Å². The molecule has 0 aromatic carbocycles. The summed E-state index contributed by atoms with van der Waals surface area (Å²) in [6, 6.07) is -0.601. The number of imide groups is 1. The molecule has 1 atom stereocenters. The fourth-order valence-corrected chi connectivity index (χ4v) is 5.32. The van der Waals surface area contributed by atoms with E-state index in [4.69, 9.17) is 0 Å². The Balaban J connectivity index is 1.34. The van der Waals surface area contributed by atoms with Crippen LogP contribution >= 0.6 is 0 Å². The molecular weight excluding hydrogens is 410 g/mol. The second-order valence-corrected chi connectivity index (χ2v) is 8.84. The van der Waals surface area contributed by atoms with Gasteiger partial charge in [-0.05, 0) is 25.7 Å². The van der Waals surface area contributed by atoms with E-state index >= 15 is 0 Å². The number of nitrogens with zero attached hydrogens (tertiary/aromatic N) is 7. The Morgan fingerprint density at radius 3 is 2.69 bits per heavy atom. The van der Waals surface area contributed by atoms with Crippen LogP contribution in [0.15, 0.2) is 31.1 Å². The monoisotopic (exact) mass is 437 g/mol. The molecule has 0 unspecified atom stereocenters. The van der Waals surface area contributed by atoms with E-state index in [0.29, 0.717) is 30.9 Å². The Hall–Kier alpha value is -3.30. The number of likely N-dealkylation sites (tertiary alicyclic amines) is 1. The Bertz CT molecular complexity index is 1030. The molecule has 0 N–H and O–H groups in total. The van der Waals surface area contributed by atoms with Crippen LogP contribution in [0.4, 0.5) is 4.79 Å². The predicted molar refractivity (Wildman–Crippen MR) is 114 cm³/mol. The summed E-state index contributed by atoms with van der Waals surface area (Å²) in [5, 5.41) is 0. The van der Waals surface area contributed by atoms with E-state index in [-0.39, 0.29) is 30.4 Å². The predicted octanol–water partition coefficient (Wildman–Crippen LogP) is 1.92. The highest BCUT2D eigenvalue weighted by Gasteiger charge is 2.56. The van der Waals surface area contributed by atoms with Gasteiger partial charge in [-0.1, -0.05) is 19.3 Å². The first-order valence-corrected chi connectivity index (χ1v) is 11.2. The highest BCUT2D eigenvalue weighted by atomic mass is 16.2. The van der Waals surface area contributed by atoms with Crippen LogP contribution in [-0.4, -0.2) is 77.7 Å². The van der Waals surface area contributed by atoms with Crippen molar-refractivity contribution >= 4 is 17.8 Å². The summed E-state index contributed by atoms with van der Waals surface area (Å²) in [6.07, 6.45) is 14.3. The summed E-state index contributed by atoms with van der Waals surface area (Å²) in [5.74, 6) is 0.172. The molecule has 5 rings (SSSR count). The van der Waals surface area contributed by atoms with E-state index < -0.39 is 5.54 Å². The molecule has 2 saturated heterocycles. The van der Waals surface area contributed by atoms with Gasteiger partial charge in [0.2, 0.25) is 5.91 Å². The summed E-state index contributed by atoms with van der Waals surface area (Å²) in [5.41, 5.74) is -0.0769. The zero-order valence-electron chi connectivity index (χ0n) is 18.2. The van der Waals surface area contributed by atoms with Gasteiger partial charge in [-0.3, -0.25) is 24.0 Å². The number of aromatic nitrogens is 4. The van der Waals surface area contributed by atoms with E-state index in [9.17, 15) is 14.4 Å². The van der Waals surface area contributed by atoms with Crippen LogP contribution in [0.3, 0.4) is 0 Å². The number of amides is 4. The lowest BCUT2D eigenvalue weighted by molar-refractivity contribution is -0.141. The molecule has 10 nitrogen and oxygen atoms in total. The third-order valence-electron chi connectivity index (χ3n) is 7.10. The summed E-state index contributed by atoms with van der Waals surface area (Å²) in [6.45, 7) is 0.340. The maximum atomic E-state index is 13.3. The molecule has 168 valence electrons. The number of urea groups is 1. The minimum absolute atomic E-state index is 0.226. The maximum absolute atomic E-state index is 13.3. The Labute approximate surface area is 186 Å². The summed E-state index contributed by atoms with van der Waals surface area (Å²) >= 11 is 0. The topological polar surface area (TPSA) is 105 Å². The molecule has 1 saturated carbocycles. The van der Waals surface area contributed by atoms with Crippen molar-refractivity contribution in [2.75, 3.05) is 20.1 Å². The average Bonchev–Trinajstić information content (AvgIpc) is 3.56. The zero-order valence-corrected chi connectivity index (χ0v) is 18.2. The van der Waals surface area contributed by atoms with Crippen LogP contribution in [-0.2, 0) is 9.59 Å². The van der Waals surface area contributed by atoms with Crippen LogP contribution in [0, 0.1) is 0 Å². The van der Waals surface area contributed by atoms with E-state index in [1.165, 1.54) is 0 Å². The third kappa shape index (κ3) is 3.25. The van der Waals surface area contributed by atoms with Gasteiger partial charge in [-0.15, -0.1) is 0 Å². The van der Waals surface area contributed by atoms with Gasteiger partial charge in [-0.25, -0.2) is 14.8 Å². The lowest BCUT2D eigenvalue weighted by atomic mass is 9.81. The Kier molecular flexibility index (Phi) is 5.15. The number of rotatable bonds is 4. The van der Waals surface area contributed by atoms with Gasteiger partial charge in [0, 0.05) is 26.0 Å². The van der Waals surface area contributed by atoms with Crippen LogP contribution in [0.2, 0.25) is 0 Å². The molecule has 4 heterocycles. The molecule has 0 radical (unpaired) electrons. The molecule has 1 aliphatic carbocycles. The van der Waals surface area contributed by atoms with Crippen molar-refractivity contribution in [3.63, 3.8) is 0 Å². The second kappa shape index (κ2) is 7.99. The molecule has 2 aliphatic heterocycles. The van der Waals surface area contributed by atoms with Gasteiger partial charge < -0.3 is 9.80 Å². The first kappa shape index (κ1) is 20.6. The van der Waals surface area contributed by atoms with Gasteiger partial charge in [0.1, 0.15) is 18.4 Å². The van der Waals surface area contributed by atoms with Crippen LogP contribution < -0.4 is 0 Å². The SMILES string of the molecule is CN1C(=O)N(CC(=O)N2CCC[C@@H]2c2cncc(-n3ccnc3)n2)C(=O)C12CCCCC2. The second-order valence-electron chi connectivity index (χ2n) is 8.84. The van der Waals surface area contributed by atoms with Crippen LogP contribution in [0.1, 0.15) is 56.7 Å². The number of hydrogen-bond donors (Lipinski definition) is 0. The van der Waals surface area contributed by atoms with E-state index in [2.05, 4.69) is 15.0 Å². The first-order chi connectivity index (χ1) is 15.5. The Morgan fingerprint density at radius 2 is 1.94 bits per heavy atom. The highest BCUT2D eigenvalue weighted by Crippen LogP contribution is 2.39. The molecule has 3 aliphatic rings. The van der Waals surface area contributed by atoms with Gasteiger partial charge in [0.05, 0.1) is 24.1 Å². The van der Waals surface area contributed by atoms with Gasteiger partial charge in [0.15, 0.2) is 5.82 Å². The van der Waals surface area contributed by atoms with Crippen molar-refractivity contribution < 1.29 is 14.4 Å². The summed E-state index contributed by atoms with van der Waals surface area (Å²) in [7, 11) is 1.69. The molecule has 3 fully saturated rings. The molecule has 10 heteroatoms. The van der Waals surface area contributed by atoms with Gasteiger partial charge >= 0.3 is 6.03 Å². The summed E-state index contributed by atoms with van der Waals surface area (Å²) in [4.78, 5) is 56.9. The number of carbonyl (C=O) groups is 3. The van der Waals surface area contributed by atoms with Crippen molar-refractivity contribution in [3.8, 4) is 5.82 Å².